The Morgan fingerprint density at radius 2 is 1.89 bits per heavy atom. The van der Waals surface area contributed by atoms with Gasteiger partial charge < -0.3 is 9.64 Å². The van der Waals surface area contributed by atoms with Gasteiger partial charge in [0.15, 0.2) is 0 Å². The van der Waals surface area contributed by atoms with Gasteiger partial charge in [0.25, 0.3) is 0 Å². The number of hydrogen-bond acceptors (Lipinski definition) is 3. The maximum Gasteiger partial charge on any atom is 0.305 e. The van der Waals surface area contributed by atoms with Gasteiger partial charge in [0.1, 0.15) is 0 Å². The number of ether oxygens (including phenoxy) is 1. The summed E-state index contributed by atoms with van der Waals surface area (Å²) in [6, 6.07) is 11.6. The summed E-state index contributed by atoms with van der Waals surface area (Å²) >= 11 is 9.71. The molecular formula is C21H19BrClNO3. The Labute approximate surface area is 171 Å². The number of anilines is 1. The monoisotopic (exact) mass is 447 g/mol. The molecule has 0 bridgehead atoms. The highest BCUT2D eigenvalue weighted by Crippen LogP contribution is 2.33. The number of esters is 1. The lowest BCUT2D eigenvalue weighted by Gasteiger charge is -2.27. The normalized spacial score (nSPS) is 13.8. The van der Waals surface area contributed by atoms with E-state index >= 15 is 0 Å². The Balaban J connectivity index is 1.94. The van der Waals surface area contributed by atoms with E-state index in [1.54, 1.807) is 4.90 Å². The molecule has 1 heterocycles. The third-order valence-electron chi connectivity index (χ3n) is 4.48. The number of carbonyl (C=O) groups is 2. The number of nitrogens with zero attached hydrogens (tertiary/aromatic N) is 1. The van der Waals surface area contributed by atoms with E-state index in [-0.39, 0.29) is 24.7 Å². The number of carbonyl (C=O) groups excluding carboxylic acids is 2. The maximum absolute atomic E-state index is 13.0. The average molecular weight is 449 g/mol. The van der Waals surface area contributed by atoms with E-state index in [4.69, 9.17) is 11.6 Å². The summed E-state index contributed by atoms with van der Waals surface area (Å²) in [5.74, 6) is -0.332. The molecule has 3 rings (SSSR count). The highest BCUT2D eigenvalue weighted by atomic mass is 79.9. The minimum atomic E-state index is -0.303. The molecule has 27 heavy (non-hydrogen) atoms. The first-order valence-electron chi connectivity index (χ1n) is 8.62. The molecule has 0 saturated carbocycles. The van der Waals surface area contributed by atoms with Crippen LogP contribution >= 0.6 is 27.5 Å². The number of rotatable bonds is 4. The van der Waals surface area contributed by atoms with Crippen molar-refractivity contribution in [2.75, 3.05) is 12.0 Å². The fraction of sp³-hybridized carbons (Fsp3) is 0.238. The van der Waals surface area contributed by atoms with Crippen LogP contribution in [0.5, 0.6) is 0 Å². The molecule has 1 aliphatic rings. The zero-order valence-corrected chi connectivity index (χ0v) is 17.2. The van der Waals surface area contributed by atoms with Crippen molar-refractivity contribution in [1.82, 2.24) is 0 Å². The zero-order chi connectivity index (χ0) is 19.4. The van der Waals surface area contributed by atoms with Crippen LogP contribution in [0.3, 0.4) is 0 Å². The molecular weight excluding hydrogens is 430 g/mol. The Kier molecular flexibility index (Phi) is 6.34. The number of amides is 1. The second-order valence-electron chi connectivity index (χ2n) is 6.27. The van der Waals surface area contributed by atoms with E-state index in [1.807, 2.05) is 48.6 Å². The van der Waals surface area contributed by atoms with Crippen LogP contribution in [0.1, 0.15) is 36.0 Å². The van der Waals surface area contributed by atoms with Gasteiger partial charge in [0.05, 0.1) is 24.4 Å². The van der Waals surface area contributed by atoms with Crippen molar-refractivity contribution < 1.29 is 14.3 Å². The second-order valence-corrected chi connectivity index (χ2v) is 7.53. The fourth-order valence-electron chi connectivity index (χ4n) is 3.05. The number of para-hydroxylation sites is 1. The highest BCUT2D eigenvalue weighted by molar-refractivity contribution is 9.10. The van der Waals surface area contributed by atoms with Gasteiger partial charge in [-0.1, -0.05) is 42.0 Å². The van der Waals surface area contributed by atoms with E-state index in [9.17, 15) is 9.59 Å². The molecule has 0 unspecified atom stereocenters. The summed E-state index contributed by atoms with van der Waals surface area (Å²) in [5.41, 5.74) is 3.79. The summed E-state index contributed by atoms with van der Waals surface area (Å²) in [7, 11) is 1.35. The molecule has 0 aromatic heterocycles. The van der Waals surface area contributed by atoms with Crippen LogP contribution < -0.4 is 4.90 Å². The van der Waals surface area contributed by atoms with E-state index in [0.717, 1.165) is 26.9 Å². The van der Waals surface area contributed by atoms with Crippen LogP contribution in [0.15, 0.2) is 40.9 Å². The third-order valence-corrected chi connectivity index (χ3v) is 5.68. The average Bonchev–Trinajstić information content (AvgIpc) is 2.66. The zero-order valence-electron chi connectivity index (χ0n) is 14.9. The van der Waals surface area contributed by atoms with Crippen molar-refractivity contribution in [1.29, 1.82) is 0 Å². The fourth-order valence-corrected chi connectivity index (χ4v) is 3.61. The van der Waals surface area contributed by atoms with Gasteiger partial charge in [-0.3, -0.25) is 9.59 Å². The van der Waals surface area contributed by atoms with E-state index < -0.39 is 0 Å². The van der Waals surface area contributed by atoms with Crippen LogP contribution in [0.25, 0.3) is 12.2 Å². The van der Waals surface area contributed by atoms with Crippen molar-refractivity contribution in [3.8, 4) is 0 Å². The molecule has 0 saturated heterocycles. The van der Waals surface area contributed by atoms with Crippen molar-refractivity contribution in [3.05, 3.63) is 62.6 Å². The molecule has 6 heteroatoms. The molecule has 4 nitrogen and oxygen atoms in total. The van der Waals surface area contributed by atoms with Crippen LogP contribution in [-0.4, -0.2) is 19.0 Å². The van der Waals surface area contributed by atoms with Gasteiger partial charge in [-0.25, -0.2) is 0 Å². The SMILES string of the molecule is COC(=O)CCCC(=O)N1Cc2cc(Br)c(Cl)cc2/C=C\c2ccccc21. The highest BCUT2D eigenvalue weighted by Gasteiger charge is 2.21. The predicted molar refractivity (Wildman–Crippen MR) is 112 cm³/mol. The molecule has 0 fully saturated rings. The van der Waals surface area contributed by atoms with Crippen molar-refractivity contribution >= 4 is 57.2 Å². The smallest absolute Gasteiger partial charge is 0.305 e. The molecule has 0 radical (unpaired) electrons. The first-order chi connectivity index (χ1) is 13.0. The van der Waals surface area contributed by atoms with Crippen LogP contribution in [0.4, 0.5) is 5.69 Å². The molecule has 2 aromatic rings. The van der Waals surface area contributed by atoms with Gasteiger partial charge in [-0.2, -0.15) is 0 Å². The van der Waals surface area contributed by atoms with E-state index in [2.05, 4.69) is 20.7 Å². The molecule has 0 spiro atoms. The van der Waals surface area contributed by atoms with E-state index in [1.165, 1.54) is 7.11 Å². The lowest BCUT2D eigenvalue weighted by molar-refractivity contribution is -0.140. The summed E-state index contributed by atoms with van der Waals surface area (Å²) < 4.78 is 5.45. The van der Waals surface area contributed by atoms with Gasteiger partial charge in [0.2, 0.25) is 5.91 Å². The standard InChI is InChI=1S/C21H19BrClNO3/c1-27-21(26)8-4-7-20(25)24-13-16-11-17(22)18(23)12-15(16)10-9-14-5-2-3-6-19(14)24/h2-3,5-6,9-12H,4,7-8,13H2,1H3/b10-9-. The topological polar surface area (TPSA) is 46.6 Å². The summed E-state index contributed by atoms with van der Waals surface area (Å²) in [4.78, 5) is 26.1. The Bertz CT molecular complexity index is 910. The predicted octanol–water partition coefficient (Wildman–Crippen LogP) is 5.46. The van der Waals surface area contributed by atoms with Gasteiger partial charge in [-0.15, -0.1) is 0 Å². The number of halogens is 2. The van der Waals surface area contributed by atoms with Gasteiger partial charge in [0, 0.05) is 17.3 Å². The maximum atomic E-state index is 13.0. The first-order valence-corrected chi connectivity index (χ1v) is 9.79. The Hall–Kier alpha value is -2.11. The number of fused-ring (bicyclic) bond motifs is 2. The van der Waals surface area contributed by atoms with Crippen molar-refractivity contribution in [2.24, 2.45) is 0 Å². The summed E-state index contributed by atoms with van der Waals surface area (Å²) in [6.07, 6.45) is 4.97. The molecule has 0 atom stereocenters. The van der Waals surface area contributed by atoms with Crippen LogP contribution in [0.2, 0.25) is 5.02 Å². The quantitative estimate of drug-likeness (QED) is 0.583. The molecule has 140 valence electrons. The van der Waals surface area contributed by atoms with Crippen molar-refractivity contribution in [2.45, 2.75) is 25.8 Å². The molecule has 0 N–H and O–H groups in total. The summed E-state index contributed by atoms with van der Waals surface area (Å²) in [5, 5.41) is 0.628. The lowest BCUT2D eigenvalue weighted by atomic mass is 10.0. The largest absolute Gasteiger partial charge is 0.469 e. The van der Waals surface area contributed by atoms with Gasteiger partial charge in [-0.05, 0) is 57.2 Å². The lowest BCUT2D eigenvalue weighted by Crippen LogP contribution is -2.31. The number of hydrogen-bond donors (Lipinski definition) is 0. The molecule has 1 aliphatic heterocycles. The van der Waals surface area contributed by atoms with Crippen molar-refractivity contribution in [3.63, 3.8) is 0 Å². The van der Waals surface area contributed by atoms with Crippen LogP contribution in [0, 0.1) is 0 Å². The molecule has 0 aliphatic carbocycles. The number of benzene rings is 2. The number of methoxy groups -OCH3 is 1. The Morgan fingerprint density at radius 3 is 2.67 bits per heavy atom. The second kappa shape index (κ2) is 8.72. The molecule has 1 amide bonds. The van der Waals surface area contributed by atoms with E-state index in [0.29, 0.717) is 18.0 Å². The first kappa shape index (κ1) is 19.6. The van der Waals surface area contributed by atoms with Gasteiger partial charge >= 0.3 is 5.97 Å². The minimum Gasteiger partial charge on any atom is -0.469 e. The molecule has 2 aromatic carbocycles. The summed E-state index contributed by atoms with van der Waals surface area (Å²) in [6.45, 7) is 0.434. The van der Waals surface area contributed by atoms with Crippen LogP contribution in [-0.2, 0) is 20.9 Å². The Morgan fingerprint density at radius 1 is 1.15 bits per heavy atom. The third kappa shape index (κ3) is 4.60. The minimum absolute atomic E-state index is 0.0290.